The van der Waals surface area contributed by atoms with E-state index in [4.69, 9.17) is 0 Å². The monoisotopic (exact) mass is 519 g/mol. The second kappa shape index (κ2) is 10.9. The molecule has 2 amide bonds. The highest BCUT2D eigenvalue weighted by Crippen LogP contribution is 2.26. The van der Waals surface area contributed by atoms with Gasteiger partial charge in [0.2, 0.25) is 5.95 Å². The Morgan fingerprint density at radius 2 is 2.08 bits per heavy atom. The molecule has 2 saturated heterocycles. The van der Waals surface area contributed by atoms with Gasteiger partial charge in [-0.25, -0.2) is 14.8 Å². The molecule has 3 aromatic heterocycles. The predicted octanol–water partition coefficient (Wildman–Crippen LogP) is 2.90. The van der Waals surface area contributed by atoms with Gasteiger partial charge < -0.3 is 20.3 Å². The Bertz CT molecular complexity index is 1350. The van der Waals surface area contributed by atoms with Crippen LogP contribution >= 0.6 is 11.8 Å². The number of rotatable bonds is 8. The number of carboxylic acids is 1. The van der Waals surface area contributed by atoms with Crippen LogP contribution in [-0.4, -0.2) is 61.8 Å². The Balaban J connectivity index is 1.13. The van der Waals surface area contributed by atoms with E-state index >= 15 is 0 Å². The SMILES string of the molecule is O=C1NC(=O)C(=Cc2ccnc(N3CCC(CNCc4cnc(-c5ccc[nH]5)c(C(=O)O)c4)CC3)n2)S1. The van der Waals surface area contributed by atoms with Gasteiger partial charge in [-0.3, -0.25) is 19.9 Å². The third kappa shape index (κ3) is 5.87. The number of carbonyl (C=O) groups excluding carboxylic acids is 2. The van der Waals surface area contributed by atoms with Crippen LogP contribution in [0.4, 0.5) is 10.7 Å². The lowest BCUT2D eigenvalue weighted by Crippen LogP contribution is -2.38. The minimum absolute atomic E-state index is 0.173. The maximum atomic E-state index is 11.8. The molecule has 3 aromatic rings. The number of piperidine rings is 1. The average molecular weight is 520 g/mol. The van der Waals surface area contributed by atoms with Crippen LogP contribution in [0.15, 0.2) is 47.8 Å². The zero-order valence-electron chi connectivity index (χ0n) is 19.8. The summed E-state index contributed by atoms with van der Waals surface area (Å²) in [7, 11) is 0. The first-order valence-electron chi connectivity index (χ1n) is 11.9. The van der Waals surface area contributed by atoms with Gasteiger partial charge >= 0.3 is 5.97 Å². The van der Waals surface area contributed by atoms with Gasteiger partial charge in [0.05, 0.1) is 21.9 Å². The van der Waals surface area contributed by atoms with E-state index in [1.807, 2.05) is 6.07 Å². The second-order valence-electron chi connectivity index (χ2n) is 8.82. The first-order valence-corrected chi connectivity index (χ1v) is 12.7. The number of pyridine rings is 1. The highest BCUT2D eigenvalue weighted by atomic mass is 32.2. The number of carboxylic acid groups (broad SMARTS) is 1. The molecular weight excluding hydrogens is 494 g/mol. The number of hydrogen-bond acceptors (Lipinski definition) is 9. The molecule has 37 heavy (non-hydrogen) atoms. The fraction of sp³-hybridized carbons (Fsp3) is 0.280. The van der Waals surface area contributed by atoms with Crippen LogP contribution in [0.5, 0.6) is 0 Å². The number of aromatic amines is 1. The van der Waals surface area contributed by atoms with Crippen molar-refractivity contribution in [1.29, 1.82) is 0 Å². The minimum atomic E-state index is -1.01. The summed E-state index contributed by atoms with van der Waals surface area (Å²) in [6.07, 6.45) is 8.62. The summed E-state index contributed by atoms with van der Waals surface area (Å²) in [5.41, 5.74) is 2.67. The quantitative estimate of drug-likeness (QED) is 0.327. The number of imide groups is 1. The van der Waals surface area contributed by atoms with E-state index in [1.54, 1.807) is 42.9 Å². The molecule has 0 unspecified atom stereocenters. The number of carbonyl (C=O) groups is 3. The van der Waals surface area contributed by atoms with Crippen molar-refractivity contribution in [3.63, 3.8) is 0 Å². The van der Waals surface area contributed by atoms with Crippen LogP contribution in [0.3, 0.4) is 0 Å². The number of nitrogens with one attached hydrogen (secondary N) is 3. The summed E-state index contributed by atoms with van der Waals surface area (Å²) >= 11 is 0.864. The van der Waals surface area contributed by atoms with Crippen molar-refractivity contribution in [2.75, 3.05) is 24.5 Å². The van der Waals surface area contributed by atoms with Gasteiger partial charge in [-0.05, 0) is 73.0 Å². The Morgan fingerprint density at radius 1 is 1.24 bits per heavy atom. The number of aromatic nitrogens is 4. The Morgan fingerprint density at radius 3 is 2.78 bits per heavy atom. The van der Waals surface area contributed by atoms with Crippen LogP contribution in [0.2, 0.25) is 0 Å². The maximum absolute atomic E-state index is 11.8. The molecule has 11 nitrogen and oxygen atoms in total. The number of anilines is 1. The average Bonchev–Trinajstić information content (AvgIpc) is 3.54. The van der Waals surface area contributed by atoms with E-state index in [9.17, 15) is 19.5 Å². The van der Waals surface area contributed by atoms with E-state index in [0.717, 1.165) is 49.8 Å². The Hall–Kier alpha value is -4.03. The van der Waals surface area contributed by atoms with Crippen LogP contribution in [0.25, 0.3) is 17.5 Å². The summed E-state index contributed by atoms with van der Waals surface area (Å²) in [6.45, 7) is 2.94. The molecule has 4 N–H and O–H groups in total. The summed E-state index contributed by atoms with van der Waals surface area (Å²) in [5.74, 6) is -0.344. The predicted molar refractivity (Wildman–Crippen MR) is 139 cm³/mol. The lowest BCUT2D eigenvalue weighted by atomic mass is 9.97. The Labute approximate surface area is 216 Å². The van der Waals surface area contributed by atoms with Gasteiger partial charge in [0.15, 0.2) is 0 Å². The van der Waals surface area contributed by atoms with Crippen molar-refractivity contribution >= 4 is 40.9 Å². The molecule has 0 aromatic carbocycles. The topological polar surface area (TPSA) is 153 Å². The van der Waals surface area contributed by atoms with Gasteiger partial charge in [-0.1, -0.05) is 0 Å². The minimum Gasteiger partial charge on any atom is -0.478 e. The van der Waals surface area contributed by atoms with Crippen molar-refractivity contribution in [1.82, 2.24) is 30.6 Å². The molecule has 2 aliphatic rings. The highest BCUT2D eigenvalue weighted by molar-refractivity contribution is 8.18. The molecule has 0 bridgehead atoms. The summed E-state index contributed by atoms with van der Waals surface area (Å²) in [6, 6.07) is 6.98. The standard InChI is InChI=1S/C25H25N7O4S/c33-22-20(37-25(36)31-22)11-17-3-7-28-24(30-17)32-8-4-15(5-9-32)12-26-13-16-10-18(23(34)35)21(29-14-16)19-2-1-6-27-19/h1-3,6-7,10-11,14-15,26-27H,4-5,8-9,12-13H2,(H,34,35)(H,31,33,36). The van der Waals surface area contributed by atoms with Crippen molar-refractivity contribution in [2.24, 2.45) is 5.92 Å². The first kappa shape index (κ1) is 24.7. The number of hydrogen-bond donors (Lipinski definition) is 4. The molecule has 2 aliphatic heterocycles. The molecule has 0 atom stereocenters. The molecule has 0 spiro atoms. The zero-order valence-corrected chi connectivity index (χ0v) is 20.6. The lowest BCUT2D eigenvalue weighted by molar-refractivity contribution is -0.115. The molecule has 12 heteroatoms. The molecule has 5 heterocycles. The normalized spacial score (nSPS) is 17.4. The van der Waals surface area contributed by atoms with E-state index in [1.165, 1.54) is 0 Å². The van der Waals surface area contributed by atoms with Crippen molar-refractivity contribution in [3.05, 3.63) is 64.6 Å². The number of nitrogens with zero attached hydrogens (tertiary/aromatic N) is 4. The summed E-state index contributed by atoms with van der Waals surface area (Å²) in [4.78, 5) is 53.7. The zero-order chi connectivity index (χ0) is 25.8. The van der Waals surface area contributed by atoms with Crippen molar-refractivity contribution in [3.8, 4) is 11.4 Å². The van der Waals surface area contributed by atoms with E-state index in [0.29, 0.717) is 40.4 Å². The van der Waals surface area contributed by atoms with E-state index in [2.05, 4.69) is 35.5 Å². The highest BCUT2D eigenvalue weighted by Gasteiger charge is 2.26. The molecule has 190 valence electrons. The third-order valence-electron chi connectivity index (χ3n) is 6.27. The van der Waals surface area contributed by atoms with Crippen LogP contribution in [0.1, 0.15) is 34.5 Å². The van der Waals surface area contributed by atoms with Crippen LogP contribution < -0.4 is 15.5 Å². The number of amides is 2. The fourth-order valence-electron chi connectivity index (χ4n) is 4.37. The van der Waals surface area contributed by atoms with Gasteiger partial charge in [0.1, 0.15) is 5.69 Å². The molecule has 0 radical (unpaired) electrons. The first-order chi connectivity index (χ1) is 18.0. The maximum Gasteiger partial charge on any atom is 0.337 e. The van der Waals surface area contributed by atoms with Gasteiger partial charge in [0, 0.05) is 38.2 Å². The molecule has 2 fully saturated rings. The van der Waals surface area contributed by atoms with Gasteiger partial charge in [-0.2, -0.15) is 0 Å². The van der Waals surface area contributed by atoms with Gasteiger partial charge in [0.25, 0.3) is 11.1 Å². The van der Waals surface area contributed by atoms with Crippen LogP contribution in [-0.2, 0) is 11.3 Å². The van der Waals surface area contributed by atoms with Crippen molar-refractivity contribution < 1.29 is 19.5 Å². The Kier molecular flexibility index (Phi) is 7.28. The lowest BCUT2D eigenvalue weighted by Gasteiger charge is -2.32. The molecule has 0 saturated carbocycles. The smallest absolute Gasteiger partial charge is 0.337 e. The number of H-pyrrole nitrogens is 1. The van der Waals surface area contributed by atoms with Gasteiger partial charge in [-0.15, -0.1) is 0 Å². The van der Waals surface area contributed by atoms with Crippen LogP contribution in [0, 0.1) is 5.92 Å². The van der Waals surface area contributed by atoms with E-state index in [-0.39, 0.29) is 10.8 Å². The van der Waals surface area contributed by atoms with E-state index < -0.39 is 11.9 Å². The summed E-state index contributed by atoms with van der Waals surface area (Å²) in [5, 5.41) is 14.9. The fourth-order valence-corrected chi connectivity index (χ4v) is 5.03. The number of aromatic carboxylic acids is 1. The molecular formula is C25H25N7O4S. The van der Waals surface area contributed by atoms with Crippen molar-refractivity contribution in [2.45, 2.75) is 19.4 Å². The third-order valence-corrected chi connectivity index (χ3v) is 7.08. The molecule has 0 aliphatic carbocycles. The number of thioether (sulfide) groups is 1. The largest absolute Gasteiger partial charge is 0.478 e. The molecule has 5 rings (SSSR count). The second-order valence-corrected chi connectivity index (χ2v) is 9.84. The summed E-state index contributed by atoms with van der Waals surface area (Å²) < 4.78 is 0.